The van der Waals surface area contributed by atoms with Crippen molar-refractivity contribution in [3.8, 4) is 0 Å². The van der Waals surface area contributed by atoms with Gasteiger partial charge in [0.1, 0.15) is 0 Å². The van der Waals surface area contributed by atoms with E-state index >= 15 is 0 Å². The number of nitrogens with one attached hydrogen (secondary N) is 2. The molecular weight excluding hydrogens is 154 g/mol. The molecule has 0 aliphatic carbocycles. The second-order valence-corrected chi connectivity index (χ2v) is 2.28. The van der Waals surface area contributed by atoms with Gasteiger partial charge in [-0.05, 0) is 5.56 Å². The van der Waals surface area contributed by atoms with Gasteiger partial charge in [0.15, 0.2) is 6.73 Å². The standard InChI is InChI=1S/C8H11N3O/c9-11-12-7-10-6-8-4-2-1-3-5-8/h1-5,9-10H,6-7H2. The Labute approximate surface area is 71.0 Å². The van der Waals surface area contributed by atoms with Gasteiger partial charge < -0.3 is 4.84 Å². The zero-order valence-electron chi connectivity index (χ0n) is 6.66. The Morgan fingerprint density at radius 1 is 1.33 bits per heavy atom. The molecule has 1 rings (SSSR count). The molecule has 2 N–H and O–H groups in total. The molecule has 0 unspecified atom stereocenters. The molecular formula is C8H11N3O. The minimum absolute atomic E-state index is 0.276. The van der Waals surface area contributed by atoms with E-state index in [9.17, 15) is 0 Å². The van der Waals surface area contributed by atoms with Gasteiger partial charge in [-0.1, -0.05) is 30.3 Å². The molecule has 0 amide bonds. The first-order valence-electron chi connectivity index (χ1n) is 3.67. The summed E-state index contributed by atoms with van der Waals surface area (Å²) in [7, 11) is 0. The Bertz CT molecular complexity index is 225. The average molecular weight is 165 g/mol. The lowest BCUT2D eigenvalue weighted by molar-refractivity contribution is 0.0988. The molecule has 0 atom stereocenters. The minimum atomic E-state index is 0.276. The highest BCUT2D eigenvalue weighted by Gasteiger charge is 1.88. The maximum absolute atomic E-state index is 6.35. The minimum Gasteiger partial charge on any atom is -0.364 e. The maximum atomic E-state index is 6.35. The van der Waals surface area contributed by atoms with Gasteiger partial charge in [-0.2, -0.15) is 5.53 Å². The Balaban J connectivity index is 2.20. The van der Waals surface area contributed by atoms with Crippen LogP contribution in [0.4, 0.5) is 0 Å². The molecule has 0 radical (unpaired) electrons. The van der Waals surface area contributed by atoms with Crippen LogP contribution in [-0.2, 0) is 11.4 Å². The van der Waals surface area contributed by atoms with Crippen LogP contribution >= 0.6 is 0 Å². The van der Waals surface area contributed by atoms with Crippen LogP contribution in [0.15, 0.2) is 35.6 Å². The monoisotopic (exact) mass is 165 g/mol. The van der Waals surface area contributed by atoms with Crippen molar-refractivity contribution in [2.24, 2.45) is 5.28 Å². The quantitative estimate of drug-likeness (QED) is 0.302. The van der Waals surface area contributed by atoms with E-state index in [1.807, 2.05) is 30.3 Å². The molecule has 4 heteroatoms. The van der Waals surface area contributed by atoms with E-state index in [2.05, 4.69) is 15.4 Å². The lowest BCUT2D eigenvalue weighted by Gasteiger charge is -2.01. The van der Waals surface area contributed by atoms with E-state index in [-0.39, 0.29) is 6.73 Å². The van der Waals surface area contributed by atoms with Crippen LogP contribution in [0.5, 0.6) is 0 Å². The fraction of sp³-hybridized carbons (Fsp3) is 0.250. The van der Waals surface area contributed by atoms with Crippen molar-refractivity contribution in [1.29, 1.82) is 5.53 Å². The molecule has 0 saturated carbocycles. The van der Waals surface area contributed by atoms with Crippen LogP contribution in [0, 0.1) is 5.53 Å². The lowest BCUT2D eigenvalue weighted by atomic mass is 10.2. The molecule has 0 heterocycles. The molecule has 0 aliphatic heterocycles. The van der Waals surface area contributed by atoms with E-state index in [4.69, 9.17) is 5.53 Å². The molecule has 1 aromatic rings. The number of hydrogen-bond donors (Lipinski definition) is 2. The topological polar surface area (TPSA) is 57.5 Å². The van der Waals surface area contributed by atoms with Crippen LogP contribution in [0.2, 0.25) is 0 Å². The van der Waals surface area contributed by atoms with Gasteiger partial charge in [0.05, 0.1) is 0 Å². The number of benzene rings is 1. The molecule has 0 bridgehead atoms. The molecule has 0 fully saturated rings. The predicted octanol–water partition coefficient (Wildman–Crippen LogP) is 1.70. The first-order chi connectivity index (χ1) is 5.93. The van der Waals surface area contributed by atoms with Gasteiger partial charge in [-0.15, -0.1) is 0 Å². The Kier molecular flexibility index (Phi) is 3.80. The summed E-state index contributed by atoms with van der Waals surface area (Å²) in [6, 6.07) is 9.97. The summed E-state index contributed by atoms with van der Waals surface area (Å²) in [6.07, 6.45) is 0. The largest absolute Gasteiger partial charge is 0.364 e. The van der Waals surface area contributed by atoms with Crippen molar-refractivity contribution in [1.82, 2.24) is 5.32 Å². The lowest BCUT2D eigenvalue weighted by Crippen LogP contribution is -2.15. The SMILES string of the molecule is N=NOCNCc1ccccc1. The Morgan fingerprint density at radius 2 is 2.08 bits per heavy atom. The van der Waals surface area contributed by atoms with Gasteiger partial charge in [0.25, 0.3) is 0 Å². The van der Waals surface area contributed by atoms with Gasteiger partial charge in [-0.3, -0.25) is 5.32 Å². The highest BCUT2D eigenvalue weighted by atomic mass is 16.6. The molecule has 1 aromatic carbocycles. The van der Waals surface area contributed by atoms with E-state index in [1.165, 1.54) is 5.56 Å². The Morgan fingerprint density at radius 3 is 2.75 bits per heavy atom. The van der Waals surface area contributed by atoms with E-state index in [0.29, 0.717) is 0 Å². The summed E-state index contributed by atoms with van der Waals surface area (Å²) in [5.41, 5.74) is 7.53. The van der Waals surface area contributed by atoms with Crippen LogP contribution in [0.25, 0.3) is 0 Å². The smallest absolute Gasteiger partial charge is 0.170 e. The van der Waals surface area contributed by atoms with Crippen molar-refractivity contribution in [2.75, 3.05) is 6.73 Å². The molecule has 0 aromatic heterocycles. The summed E-state index contributed by atoms with van der Waals surface area (Å²) in [5, 5.41) is 5.72. The normalized spacial score (nSPS) is 9.33. The summed E-state index contributed by atoms with van der Waals surface area (Å²) >= 11 is 0. The van der Waals surface area contributed by atoms with Gasteiger partial charge in [-0.25, -0.2) is 0 Å². The molecule has 0 saturated heterocycles. The fourth-order valence-electron chi connectivity index (χ4n) is 0.869. The first kappa shape index (κ1) is 8.67. The third kappa shape index (κ3) is 3.12. The van der Waals surface area contributed by atoms with E-state index in [1.54, 1.807) is 0 Å². The fourth-order valence-corrected chi connectivity index (χ4v) is 0.869. The molecule has 12 heavy (non-hydrogen) atoms. The molecule has 4 nitrogen and oxygen atoms in total. The van der Waals surface area contributed by atoms with Crippen LogP contribution in [0.3, 0.4) is 0 Å². The third-order valence-corrected chi connectivity index (χ3v) is 1.40. The average Bonchev–Trinajstić information content (AvgIpc) is 2.14. The number of nitrogens with zero attached hydrogens (tertiary/aromatic N) is 1. The van der Waals surface area contributed by atoms with Crippen molar-refractivity contribution >= 4 is 0 Å². The van der Waals surface area contributed by atoms with Crippen molar-refractivity contribution in [3.63, 3.8) is 0 Å². The summed E-state index contributed by atoms with van der Waals surface area (Å²) in [5.74, 6) is 0. The van der Waals surface area contributed by atoms with E-state index in [0.717, 1.165) is 6.54 Å². The zero-order chi connectivity index (χ0) is 8.65. The molecule has 0 spiro atoms. The number of hydrogen-bond acceptors (Lipinski definition) is 4. The van der Waals surface area contributed by atoms with Crippen molar-refractivity contribution in [2.45, 2.75) is 6.54 Å². The second-order valence-electron chi connectivity index (χ2n) is 2.28. The highest BCUT2D eigenvalue weighted by Crippen LogP contribution is 1.96. The zero-order valence-corrected chi connectivity index (χ0v) is 6.66. The Hall–Kier alpha value is -1.42. The van der Waals surface area contributed by atoms with Crippen molar-refractivity contribution < 1.29 is 4.84 Å². The summed E-state index contributed by atoms with van der Waals surface area (Å²) < 4.78 is 0. The van der Waals surface area contributed by atoms with Gasteiger partial charge in [0.2, 0.25) is 0 Å². The van der Waals surface area contributed by atoms with Crippen LogP contribution in [0.1, 0.15) is 5.56 Å². The molecule has 64 valence electrons. The van der Waals surface area contributed by atoms with Crippen LogP contribution in [-0.4, -0.2) is 6.73 Å². The van der Waals surface area contributed by atoms with Gasteiger partial charge in [0, 0.05) is 11.8 Å². The van der Waals surface area contributed by atoms with Gasteiger partial charge >= 0.3 is 0 Å². The predicted molar refractivity (Wildman–Crippen MR) is 44.4 cm³/mol. The highest BCUT2D eigenvalue weighted by molar-refractivity contribution is 5.13. The summed E-state index contributed by atoms with van der Waals surface area (Å²) in [4.78, 5) is 4.44. The maximum Gasteiger partial charge on any atom is 0.170 e. The summed E-state index contributed by atoms with van der Waals surface area (Å²) in [6.45, 7) is 1.01. The second kappa shape index (κ2) is 5.26. The molecule has 0 aliphatic rings. The first-order valence-corrected chi connectivity index (χ1v) is 3.67. The van der Waals surface area contributed by atoms with E-state index < -0.39 is 0 Å². The third-order valence-electron chi connectivity index (χ3n) is 1.40. The van der Waals surface area contributed by atoms with Crippen LogP contribution < -0.4 is 5.32 Å². The number of rotatable bonds is 5. The van der Waals surface area contributed by atoms with Crippen molar-refractivity contribution in [3.05, 3.63) is 35.9 Å².